The first-order valence-corrected chi connectivity index (χ1v) is 4.77. The lowest BCUT2D eigenvalue weighted by molar-refractivity contribution is -0.120. The zero-order valence-electron chi connectivity index (χ0n) is 8.09. The molecule has 1 aromatic rings. The van der Waals surface area contributed by atoms with Crippen LogP contribution in [0.15, 0.2) is 18.2 Å². The van der Waals surface area contributed by atoms with Crippen molar-refractivity contribution in [3.8, 4) is 0 Å². The maximum atomic E-state index is 12.8. The van der Waals surface area contributed by atoms with E-state index in [2.05, 4.69) is 0 Å². The van der Waals surface area contributed by atoms with E-state index in [9.17, 15) is 13.6 Å². The van der Waals surface area contributed by atoms with Crippen LogP contribution >= 0.6 is 0 Å². The number of rotatable bonds is 3. The van der Waals surface area contributed by atoms with Crippen LogP contribution in [0.5, 0.6) is 0 Å². The van der Waals surface area contributed by atoms with Crippen LogP contribution < -0.4 is 5.73 Å². The molecule has 0 unspecified atom stereocenters. The fraction of sp³-hybridized carbons (Fsp3) is 0.364. The first-order chi connectivity index (χ1) is 7.01. The molecule has 2 rings (SSSR count). The number of halogens is 2. The van der Waals surface area contributed by atoms with Gasteiger partial charge in [-0.15, -0.1) is 0 Å². The van der Waals surface area contributed by atoms with Crippen LogP contribution in [0.2, 0.25) is 0 Å². The first kappa shape index (κ1) is 10.2. The van der Waals surface area contributed by atoms with Crippen LogP contribution in [0.25, 0.3) is 0 Å². The van der Waals surface area contributed by atoms with Gasteiger partial charge in [-0.25, -0.2) is 8.78 Å². The van der Waals surface area contributed by atoms with E-state index in [1.165, 1.54) is 6.07 Å². The van der Waals surface area contributed by atoms with Gasteiger partial charge in [-0.2, -0.15) is 0 Å². The highest BCUT2D eigenvalue weighted by Gasteiger charge is 2.44. The Hall–Kier alpha value is -1.29. The summed E-state index contributed by atoms with van der Waals surface area (Å²) in [6.45, 7) is 0. The Balaban J connectivity index is 2.11. The third-order valence-corrected chi connectivity index (χ3v) is 2.69. The van der Waals surface area contributed by atoms with Crippen LogP contribution in [0.3, 0.4) is 0 Å². The van der Waals surface area contributed by atoms with Crippen molar-refractivity contribution in [3.63, 3.8) is 0 Å². The average Bonchev–Trinajstić information content (AvgIpc) is 2.92. The van der Waals surface area contributed by atoms with Gasteiger partial charge in [0.2, 0.25) is 0 Å². The minimum Gasteiger partial charge on any atom is -0.319 e. The normalized spacial score (nSPS) is 17.5. The fourth-order valence-corrected chi connectivity index (χ4v) is 1.42. The van der Waals surface area contributed by atoms with E-state index >= 15 is 0 Å². The maximum Gasteiger partial charge on any atom is 0.159 e. The second-order valence-corrected chi connectivity index (χ2v) is 4.00. The lowest BCUT2D eigenvalue weighted by Gasteiger charge is -2.07. The van der Waals surface area contributed by atoms with Crippen LogP contribution in [0, 0.1) is 11.6 Å². The molecule has 15 heavy (non-hydrogen) atoms. The van der Waals surface area contributed by atoms with Crippen LogP contribution in [0.4, 0.5) is 8.78 Å². The minimum atomic E-state index is -0.929. The average molecular weight is 211 g/mol. The Labute approximate surface area is 86.1 Å². The third kappa shape index (κ3) is 2.04. The fourth-order valence-electron chi connectivity index (χ4n) is 1.42. The lowest BCUT2D eigenvalue weighted by atomic mass is 10.0. The van der Waals surface area contributed by atoms with Crippen molar-refractivity contribution in [1.29, 1.82) is 0 Å². The number of ketones is 1. The van der Waals surface area contributed by atoms with E-state index in [4.69, 9.17) is 5.73 Å². The van der Waals surface area contributed by atoms with Gasteiger partial charge in [0.15, 0.2) is 17.4 Å². The standard InChI is InChI=1S/C11H11F2NO/c12-8-2-1-7(5-9(8)13)6-10(15)11(14)3-4-11/h1-2,5H,3-4,6,14H2. The van der Waals surface area contributed by atoms with Gasteiger partial charge in [0.05, 0.1) is 5.54 Å². The molecule has 0 heterocycles. The Morgan fingerprint density at radius 2 is 2.00 bits per heavy atom. The van der Waals surface area contributed by atoms with Gasteiger partial charge in [0.1, 0.15) is 0 Å². The molecule has 0 atom stereocenters. The number of benzene rings is 1. The molecule has 1 saturated carbocycles. The van der Waals surface area contributed by atoms with Crippen molar-refractivity contribution in [2.24, 2.45) is 5.73 Å². The van der Waals surface area contributed by atoms with Crippen molar-refractivity contribution in [1.82, 2.24) is 0 Å². The predicted molar refractivity (Wildman–Crippen MR) is 51.2 cm³/mol. The Morgan fingerprint density at radius 3 is 2.53 bits per heavy atom. The summed E-state index contributed by atoms with van der Waals surface area (Å²) in [6, 6.07) is 3.47. The van der Waals surface area contributed by atoms with Crippen molar-refractivity contribution in [2.45, 2.75) is 24.8 Å². The molecule has 1 aliphatic carbocycles. The van der Waals surface area contributed by atoms with Crippen molar-refractivity contribution >= 4 is 5.78 Å². The lowest BCUT2D eigenvalue weighted by Crippen LogP contribution is -2.34. The number of Topliss-reactive ketones (excluding diaryl/α,β-unsaturated/α-hetero) is 1. The first-order valence-electron chi connectivity index (χ1n) is 4.77. The number of carbonyl (C=O) groups excluding carboxylic acids is 1. The van der Waals surface area contributed by atoms with Gasteiger partial charge < -0.3 is 5.73 Å². The molecule has 80 valence electrons. The number of hydrogen-bond acceptors (Lipinski definition) is 2. The molecule has 0 radical (unpaired) electrons. The summed E-state index contributed by atoms with van der Waals surface area (Å²) in [5.41, 5.74) is 5.45. The second kappa shape index (κ2) is 3.38. The molecule has 4 heteroatoms. The van der Waals surface area contributed by atoms with Gasteiger partial charge in [-0.3, -0.25) is 4.79 Å². The van der Waals surface area contributed by atoms with Crippen molar-refractivity contribution < 1.29 is 13.6 Å². The van der Waals surface area contributed by atoms with Gasteiger partial charge in [0.25, 0.3) is 0 Å². The van der Waals surface area contributed by atoms with E-state index in [0.717, 1.165) is 12.1 Å². The molecule has 1 aliphatic rings. The molecule has 2 nitrogen and oxygen atoms in total. The summed E-state index contributed by atoms with van der Waals surface area (Å²) in [5.74, 6) is -1.93. The van der Waals surface area contributed by atoms with E-state index < -0.39 is 17.2 Å². The second-order valence-electron chi connectivity index (χ2n) is 4.00. The molecule has 0 aromatic heterocycles. The molecule has 0 amide bonds. The summed E-state index contributed by atoms with van der Waals surface area (Å²) in [7, 11) is 0. The van der Waals surface area contributed by atoms with E-state index in [1.807, 2.05) is 0 Å². The quantitative estimate of drug-likeness (QED) is 0.824. The Morgan fingerprint density at radius 1 is 1.33 bits per heavy atom. The van der Waals surface area contributed by atoms with E-state index in [0.29, 0.717) is 18.4 Å². The number of nitrogens with two attached hydrogens (primary N) is 1. The molecule has 1 fully saturated rings. The molecular formula is C11H11F2NO. The topological polar surface area (TPSA) is 43.1 Å². The third-order valence-electron chi connectivity index (χ3n) is 2.69. The van der Waals surface area contributed by atoms with E-state index in [-0.39, 0.29) is 12.2 Å². The minimum absolute atomic E-state index is 0.0771. The van der Waals surface area contributed by atoms with Crippen molar-refractivity contribution in [3.05, 3.63) is 35.4 Å². The Bertz CT molecular complexity index is 413. The molecule has 2 N–H and O–H groups in total. The predicted octanol–water partition coefficient (Wildman–Crippen LogP) is 1.57. The summed E-state index contributed by atoms with van der Waals surface area (Å²) >= 11 is 0. The zero-order chi connectivity index (χ0) is 11.1. The summed E-state index contributed by atoms with van der Waals surface area (Å²) in [6.07, 6.45) is 1.46. The molecular weight excluding hydrogens is 200 g/mol. The molecule has 0 bridgehead atoms. The summed E-state index contributed by atoms with van der Waals surface area (Å²) in [5, 5.41) is 0. The number of carbonyl (C=O) groups is 1. The SMILES string of the molecule is NC1(C(=O)Cc2ccc(F)c(F)c2)CC1. The monoisotopic (exact) mass is 211 g/mol. The van der Waals surface area contributed by atoms with Crippen molar-refractivity contribution in [2.75, 3.05) is 0 Å². The highest BCUT2D eigenvalue weighted by atomic mass is 19.2. The molecule has 0 saturated heterocycles. The van der Waals surface area contributed by atoms with Crippen LogP contribution in [-0.2, 0) is 11.2 Å². The van der Waals surface area contributed by atoms with Gasteiger partial charge in [-0.1, -0.05) is 6.07 Å². The van der Waals surface area contributed by atoms with Gasteiger partial charge >= 0.3 is 0 Å². The summed E-state index contributed by atoms with van der Waals surface area (Å²) in [4.78, 5) is 11.6. The summed E-state index contributed by atoms with van der Waals surface area (Å²) < 4.78 is 25.4. The van der Waals surface area contributed by atoms with E-state index in [1.54, 1.807) is 0 Å². The number of hydrogen-bond donors (Lipinski definition) is 1. The molecule has 0 aliphatic heterocycles. The highest BCUT2D eigenvalue weighted by Crippen LogP contribution is 2.34. The van der Waals surface area contributed by atoms with Crippen LogP contribution in [-0.4, -0.2) is 11.3 Å². The smallest absolute Gasteiger partial charge is 0.159 e. The highest BCUT2D eigenvalue weighted by molar-refractivity contribution is 5.92. The molecule has 0 spiro atoms. The van der Waals surface area contributed by atoms with Gasteiger partial charge in [0, 0.05) is 6.42 Å². The maximum absolute atomic E-state index is 12.8. The molecule has 1 aromatic carbocycles. The van der Waals surface area contributed by atoms with Crippen LogP contribution in [0.1, 0.15) is 18.4 Å². The van der Waals surface area contributed by atoms with Gasteiger partial charge in [-0.05, 0) is 30.5 Å². The zero-order valence-corrected chi connectivity index (χ0v) is 8.09. The Kier molecular flexibility index (Phi) is 2.31. The largest absolute Gasteiger partial charge is 0.319 e.